The maximum atomic E-state index is 12.6. The van der Waals surface area contributed by atoms with Gasteiger partial charge in [-0.3, -0.25) is 9.69 Å². The van der Waals surface area contributed by atoms with Crippen LogP contribution in [0, 0.1) is 0 Å². The van der Waals surface area contributed by atoms with Crippen molar-refractivity contribution in [3.8, 4) is 0 Å². The van der Waals surface area contributed by atoms with E-state index in [1.165, 1.54) is 0 Å². The van der Waals surface area contributed by atoms with E-state index in [1.807, 2.05) is 0 Å². The summed E-state index contributed by atoms with van der Waals surface area (Å²) in [6, 6.07) is 7.00. The van der Waals surface area contributed by atoms with Crippen molar-refractivity contribution in [1.82, 2.24) is 4.90 Å². The minimum Gasteiger partial charge on any atom is -0.748 e. The van der Waals surface area contributed by atoms with Crippen LogP contribution in [-0.4, -0.2) is 60.1 Å². The van der Waals surface area contributed by atoms with Crippen molar-refractivity contribution in [1.29, 1.82) is 0 Å². The molecule has 0 N–H and O–H groups in total. The van der Waals surface area contributed by atoms with Crippen LogP contribution in [0.1, 0.15) is 6.42 Å². The molecule has 1 saturated heterocycles. The number of hydrogen-bond donors (Lipinski definition) is 0. The maximum Gasteiger partial charge on any atom is 1.00 e. The molecule has 1 fully saturated rings. The monoisotopic (exact) mass is 542 g/mol. The molecule has 0 atom stereocenters. The molecule has 0 aliphatic carbocycles. The number of carbonyl (C=O) groups is 1. The Morgan fingerprint density at radius 3 is 2.27 bits per heavy atom. The molecule has 0 aromatic heterocycles. The zero-order valence-corrected chi connectivity index (χ0v) is 25.4. The van der Waals surface area contributed by atoms with Gasteiger partial charge in [0.2, 0.25) is 5.76 Å². The predicted octanol–water partition coefficient (Wildman–Crippen LogP) is -5.64. The molecule has 1 amide bonds. The average molecular weight is 543 g/mol. The van der Waals surface area contributed by atoms with E-state index in [1.54, 1.807) is 29.2 Å². The molecule has 2 aliphatic rings. The third kappa shape index (κ3) is 7.54. The summed E-state index contributed by atoms with van der Waals surface area (Å²) < 4.78 is 70.9. The van der Waals surface area contributed by atoms with Crippen molar-refractivity contribution < 1.29 is 138 Å². The Labute approximate surface area is 268 Å². The molecular weight excluding hydrogens is 531 g/mol. The van der Waals surface area contributed by atoms with Crippen molar-refractivity contribution in [2.75, 3.05) is 23.1 Å². The Morgan fingerprint density at radius 1 is 1.03 bits per heavy atom. The van der Waals surface area contributed by atoms with Crippen molar-refractivity contribution in [2.24, 2.45) is 0 Å². The molecule has 2 aliphatic heterocycles. The van der Waals surface area contributed by atoms with E-state index >= 15 is 0 Å². The summed E-state index contributed by atoms with van der Waals surface area (Å²) in [5.74, 6) is -2.90. The summed E-state index contributed by atoms with van der Waals surface area (Å²) in [6.45, 7) is 0.0908. The van der Waals surface area contributed by atoms with Crippen LogP contribution in [0.4, 0.5) is 5.69 Å². The van der Waals surface area contributed by atoms with Crippen LogP contribution in [0.2, 0.25) is 0 Å². The van der Waals surface area contributed by atoms with Gasteiger partial charge in [0.05, 0.1) is 15.8 Å². The Morgan fingerprint density at radius 2 is 1.67 bits per heavy atom. The van der Waals surface area contributed by atoms with E-state index in [-0.39, 0.29) is 127 Å². The number of fused-ring (bicyclic) bond motifs is 1. The molecule has 16 heteroatoms. The van der Waals surface area contributed by atoms with Crippen LogP contribution in [0.5, 0.6) is 0 Å². The zero-order chi connectivity index (χ0) is 20.7. The van der Waals surface area contributed by atoms with E-state index in [2.05, 4.69) is 0 Å². The molecule has 0 unspecified atom stereocenters. The largest absolute Gasteiger partial charge is 1.00 e. The molecule has 2 heterocycles. The minimum atomic E-state index is -4.77. The second-order valence-corrected chi connectivity index (χ2v) is 10.0. The number of para-hydroxylation sites is 1. The van der Waals surface area contributed by atoms with Gasteiger partial charge in [0.25, 0.3) is 5.17 Å². The van der Waals surface area contributed by atoms with Gasteiger partial charge in [-0.1, -0.05) is 23.9 Å². The third-order valence-corrected chi connectivity index (χ3v) is 6.55. The molecule has 0 saturated carbocycles. The van der Waals surface area contributed by atoms with E-state index in [9.17, 15) is 30.7 Å². The van der Waals surface area contributed by atoms with Gasteiger partial charge >= 0.3 is 109 Å². The number of amides is 1. The van der Waals surface area contributed by atoms with Gasteiger partial charge < -0.3 is 18.7 Å². The van der Waals surface area contributed by atoms with Crippen molar-refractivity contribution in [3.05, 3.63) is 35.1 Å². The van der Waals surface area contributed by atoms with Gasteiger partial charge in [-0.05, 0) is 30.8 Å². The smallest absolute Gasteiger partial charge is 0.748 e. The number of nitrogens with zero attached hydrogens (tertiary/aromatic N) is 2. The number of rotatable bonds is 6. The van der Waals surface area contributed by atoms with E-state index in [4.69, 9.17) is 17.0 Å². The van der Waals surface area contributed by atoms with E-state index < -0.39 is 42.9 Å². The van der Waals surface area contributed by atoms with Crippen LogP contribution in [0.15, 0.2) is 39.9 Å². The van der Waals surface area contributed by atoms with E-state index in [0.717, 1.165) is 16.7 Å². The molecule has 0 radical (unpaired) electrons. The van der Waals surface area contributed by atoms with Crippen molar-refractivity contribution in [2.45, 2.75) is 11.3 Å². The van der Waals surface area contributed by atoms with Gasteiger partial charge in [-0.15, -0.1) is 0 Å². The van der Waals surface area contributed by atoms with Crippen LogP contribution in [-0.2, 0) is 29.8 Å². The fourth-order valence-corrected chi connectivity index (χ4v) is 5.13. The number of thioether (sulfide) groups is 1. The second-order valence-electron chi connectivity index (χ2n) is 5.76. The molecular formula is C14H12K2N2O8S4. The molecule has 1 aromatic carbocycles. The van der Waals surface area contributed by atoms with Crippen LogP contribution in [0.3, 0.4) is 0 Å². The van der Waals surface area contributed by atoms with Crippen LogP contribution >= 0.6 is 24.0 Å². The molecule has 10 nitrogen and oxygen atoms in total. The van der Waals surface area contributed by atoms with Gasteiger partial charge in [-0.2, -0.15) is 0 Å². The minimum absolute atomic E-state index is 0. The Bertz CT molecular complexity index is 1090. The average Bonchev–Trinajstić information content (AvgIpc) is 3.05. The first-order valence-electron chi connectivity index (χ1n) is 7.66. The first-order chi connectivity index (χ1) is 13.0. The third-order valence-electron chi connectivity index (χ3n) is 3.71. The number of ether oxygens (including phenoxy) is 1. The number of benzene rings is 1. The van der Waals surface area contributed by atoms with Gasteiger partial charge in [0.1, 0.15) is 21.0 Å². The zero-order valence-electron chi connectivity index (χ0n) is 15.9. The number of thiocarbonyl (C=S) groups is 1. The van der Waals surface area contributed by atoms with Gasteiger partial charge in [0, 0.05) is 17.2 Å². The summed E-state index contributed by atoms with van der Waals surface area (Å²) in [4.78, 5) is 15.5. The summed E-state index contributed by atoms with van der Waals surface area (Å²) in [5, 5.41) is -0.201. The number of hydrogen-bond acceptors (Lipinski definition) is 11. The summed E-state index contributed by atoms with van der Waals surface area (Å²) in [6.07, 6.45) is -0.00516. The quantitative estimate of drug-likeness (QED) is 0.147. The topological polar surface area (TPSA) is 147 Å². The SMILES string of the molecule is O=C1/C(=C2/Sc3ccccc3N2CCCS(=O)(=O)[O-])OC(=S)N1CS(=O)(=O)[O-].[K+].[K+]. The second kappa shape index (κ2) is 11.8. The summed E-state index contributed by atoms with van der Waals surface area (Å²) in [5.41, 5.74) is 0.663. The molecule has 0 spiro atoms. The summed E-state index contributed by atoms with van der Waals surface area (Å²) in [7, 11) is -9.18. The van der Waals surface area contributed by atoms with Gasteiger partial charge in [-0.25, -0.2) is 16.8 Å². The Kier molecular flexibility index (Phi) is 11.6. The van der Waals surface area contributed by atoms with Crippen LogP contribution in [0.25, 0.3) is 0 Å². The molecule has 0 bridgehead atoms. The molecule has 1 aromatic rings. The molecule has 30 heavy (non-hydrogen) atoms. The van der Waals surface area contributed by atoms with Gasteiger partial charge in [0.15, 0.2) is 0 Å². The molecule has 152 valence electrons. The van der Waals surface area contributed by atoms with Crippen LogP contribution < -0.4 is 108 Å². The standard InChI is InChI=1S/C14H14N2O8S4.2K/c17-12-11(24-14(25)16(12)8-28(21,22)23)13-15(6-3-7-27(18,19)20)9-4-1-2-5-10(9)26-13;;/h1-2,4-5H,3,6-8H2,(H,18,19,20)(H,21,22,23);;/q;2*+1/p-2/b13-11-;;. The first-order valence-corrected chi connectivity index (χ1v) is 12.0. The van der Waals surface area contributed by atoms with E-state index in [0.29, 0.717) is 10.6 Å². The fraction of sp³-hybridized carbons (Fsp3) is 0.286. The van der Waals surface area contributed by atoms with Crippen molar-refractivity contribution >= 4 is 61.0 Å². The number of carbonyl (C=O) groups excluding carboxylic acids is 1. The number of anilines is 1. The van der Waals surface area contributed by atoms with Crippen molar-refractivity contribution in [3.63, 3.8) is 0 Å². The maximum absolute atomic E-state index is 12.6. The molecule has 3 rings (SSSR count). The summed E-state index contributed by atoms with van der Waals surface area (Å²) >= 11 is 6.00. The first kappa shape index (κ1) is 29.6. The fourth-order valence-electron chi connectivity index (χ4n) is 2.62. The predicted molar refractivity (Wildman–Crippen MR) is 101 cm³/mol. The normalized spacial score (nSPS) is 18.6. The Hall–Kier alpha value is 1.56. The Balaban J connectivity index is 0.00000225.